The second-order valence-electron chi connectivity index (χ2n) is 0.492. The smallest absolute Gasteiger partial charge is 0.550 e. The molecule has 0 saturated heterocycles. The Morgan fingerprint density at radius 3 is 1.57 bits per heavy atom. The summed E-state index contributed by atoms with van der Waals surface area (Å²) in [7, 11) is 0. The Morgan fingerprint density at radius 2 is 1.57 bits per heavy atom. The Labute approximate surface area is 86.7 Å². The summed E-state index contributed by atoms with van der Waals surface area (Å²) in [5, 5.41) is 8.89. The topological polar surface area (TPSA) is 40.1 Å². The standard InChI is InChI=1S/C2H4O2.C2H5.K/c1-2(3)4;1-2;/h1H3,(H,3,4);1H2,2H3;/q;-1;+1/p-1. The summed E-state index contributed by atoms with van der Waals surface area (Å²) in [5.74, 6) is -1.08. The molecule has 38 valence electrons. The van der Waals surface area contributed by atoms with Crippen molar-refractivity contribution >= 4 is 5.97 Å². The van der Waals surface area contributed by atoms with Crippen LogP contribution in [0.2, 0.25) is 0 Å². The fraction of sp³-hybridized carbons (Fsp3) is 0.500. The van der Waals surface area contributed by atoms with Gasteiger partial charge in [-0.1, -0.05) is 0 Å². The molecule has 0 aliphatic rings. The van der Waals surface area contributed by atoms with Gasteiger partial charge in [0.15, 0.2) is 0 Å². The van der Waals surface area contributed by atoms with E-state index in [1.807, 2.05) is 0 Å². The van der Waals surface area contributed by atoms with Gasteiger partial charge in [-0.3, -0.25) is 0 Å². The van der Waals surface area contributed by atoms with Crippen molar-refractivity contribution in [2.24, 2.45) is 0 Å². The molecule has 0 heterocycles. The van der Waals surface area contributed by atoms with Crippen molar-refractivity contribution in [3.63, 3.8) is 0 Å². The predicted molar refractivity (Wildman–Crippen MR) is 21.7 cm³/mol. The van der Waals surface area contributed by atoms with Crippen molar-refractivity contribution < 1.29 is 61.3 Å². The molecular formula is C4H8KO2-. The average molecular weight is 127 g/mol. The normalized spacial score (nSPS) is 4.43. The van der Waals surface area contributed by atoms with Crippen LogP contribution in [-0.4, -0.2) is 5.97 Å². The van der Waals surface area contributed by atoms with E-state index in [4.69, 9.17) is 9.90 Å². The molecule has 0 rings (SSSR count). The number of hydrogen-bond donors (Lipinski definition) is 0. The molecule has 0 aromatic rings. The van der Waals surface area contributed by atoms with Crippen LogP contribution in [0.5, 0.6) is 0 Å². The second-order valence-corrected chi connectivity index (χ2v) is 0.492. The summed E-state index contributed by atoms with van der Waals surface area (Å²) in [6, 6.07) is 0. The molecule has 0 aliphatic heterocycles. The van der Waals surface area contributed by atoms with E-state index in [-0.39, 0.29) is 51.4 Å². The zero-order valence-corrected chi connectivity index (χ0v) is 8.15. The summed E-state index contributed by atoms with van der Waals surface area (Å²) in [6.45, 7) is 5.97. The second kappa shape index (κ2) is 15.7. The van der Waals surface area contributed by atoms with Crippen LogP contribution in [0.4, 0.5) is 0 Å². The Kier molecular flexibility index (Phi) is 35.2. The van der Waals surface area contributed by atoms with Crippen LogP contribution in [-0.2, 0) is 4.79 Å². The monoisotopic (exact) mass is 127 g/mol. The maximum absolute atomic E-state index is 8.89. The summed E-state index contributed by atoms with van der Waals surface area (Å²) in [4.78, 5) is 8.89. The molecule has 3 heteroatoms. The zero-order chi connectivity index (χ0) is 5.58. The molecule has 7 heavy (non-hydrogen) atoms. The first kappa shape index (κ1) is 15.7. The first-order chi connectivity index (χ1) is 2.73. The van der Waals surface area contributed by atoms with Gasteiger partial charge in [0.2, 0.25) is 0 Å². The van der Waals surface area contributed by atoms with E-state index in [0.29, 0.717) is 0 Å². The first-order valence-electron chi connectivity index (χ1n) is 1.62. The zero-order valence-electron chi connectivity index (χ0n) is 5.02. The fourth-order valence-electron chi connectivity index (χ4n) is 0. The molecule has 0 N–H and O–H groups in total. The molecule has 0 aromatic heterocycles. The predicted octanol–water partition coefficient (Wildman–Crippen LogP) is -3.40. The molecule has 0 atom stereocenters. The Hall–Kier alpha value is 1.11. The van der Waals surface area contributed by atoms with Gasteiger partial charge >= 0.3 is 51.4 Å². The Balaban J connectivity index is -0.0000000480. The molecule has 0 aromatic carbocycles. The van der Waals surface area contributed by atoms with Gasteiger partial charge in [-0.05, 0) is 6.92 Å². The van der Waals surface area contributed by atoms with Gasteiger partial charge in [0.1, 0.15) is 0 Å². The largest absolute Gasteiger partial charge is 1.00 e. The van der Waals surface area contributed by atoms with Gasteiger partial charge in [0.05, 0.1) is 0 Å². The molecule has 0 amide bonds. The van der Waals surface area contributed by atoms with Crippen LogP contribution in [0, 0.1) is 6.92 Å². The van der Waals surface area contributed by atoms with E-state index < -0.39 is 5.97 Å². The van der Waals surface area contributed by atoms with Crippen molar-refractivity contribution in [2.75, 3.05) is 0 Å². The average Bonchev–Trinajstić information content (AvgIpc) is 1.41. The number of carboxylic acid groups (broad SMARTS) is 1. The van der Waals surface area contributed by atoms with E-state index in [1.54, 1.807) is 6.92 Å². The molecule has 0 bridgehead atoms. The minimum atomic E-state index is -1.08. The van der Waals surface area contributed by atoms with Crippen molar-refractivity contribution in [1.82, 2.24) is 0 Å². The van der Waals surface area contributed by atoms with Crippen molar-refractivity contribution in [1.29, 1.82) is 0 Å². The quantitative estimate of drug-likeness (QED) is 0.251. The molecule has 0 fully saturated rings. The number of rotatable bonds is 0. The Morgan fingerprint density at radius 1 is 1.57 bits per heavy atom. The van der Waals surface area contributed by atoms with Crippen LogP contribution in [0.15, 0.2) is 0 Å². The van der Waals surface area contributed by atoms with E-state index in [9.17, 15) is 0 Å². The van der Waals surface area contributed by atoms with Crippen LogP contribution >= 0.6 is 0 Å². The third-order valence-electron chi connectivity index (χ3n) is 0. The van der Waals surface area contributed by atoms with E-state index in [2.05, 4.69) is 6.92 Å². The third-order valence-corrected chi connectivity index (χ3v) is 0. The summed E-state index contributed by atoms with van der Waals surface area (Å²) in [6.07, 6.45) is 0. The number of aliphatic carboxylic acids is 1. The molecular weight excluding hydrogens is 119 g/mol. The number of carbonyl (C=O) groups excluding carboxylic acids is 1. The van der Waals surface area contributed by atoms with Crippen LogP contribution in [0.3, 0.4) is 0 Å². The number of carbonyl (C=O) groups is 1. The summed E-state index contributed by atoms with van der Waals surface area (Å²) >= 11 is 0. The van der Waals surface area contributed by atoms with Crippen molar-refractivity contribution in [2.45, 2.75) is 13.8 Å². The van der Waals surface area contributed by atoms with Crippen LogP contribution < -0.4 is 56.5 Å². The molecule has 0 saturated carbocycles. The number of carboxylic acids is 1. The SMILES string of the molecule is CC(=O)[O-].[CH2-]C.[K+]. The molecule has 0 radical (unpaired) electrons. The van der Waals surface area contributed by atoms with Gasteiger partial charge in [0, 0.05) is 5.97 Å². The fourth-order valence-corrected chi connectivity index (χ4v) is 0. The molecule has 2 nitrogen and oxygen atoms in total. The minimum Gasteiger partial charge on any atom is -0.550 e. The van der Waals surface area contributed by atoms with E-state index in [1.165, 1.54) is 0 Å². The van der Waals surface area contributed by atoms with Gasteiger partial charge < -0.3 is 16.8 Å². The Bertz CT molecular complexity index is 32.7. The van der Waals surface area contributed by atoms with E-state index >= 15 is 0 Å². The van der Waals surface area contributed by atoms with Gasteiger partial charge in [-0.15, -0.1) is 0 Å². The maximum Gasteiger partial charge on any atom is 1.00 e. The van der Waals surface area contributed by atoms with Crippen LogP contribution in [0.25, 0.3) is 0 Å². The minimum absolute atomic E-state index is 0. The summed E-state index contributed by atoms with van der Waals surface area (Å²) in [5.41, 5.74) is 0. The molecule has 0 spiro atoms. The molecule has 0 aliphatic carbocycles. The summed E-state index contributed by atoms with van der Waals surface area (Å²) < 4.78 is 0. The maximum atomic E-state index is 8.89. The van der Waals surface area contributed by atoms with Gasteiger partial charge in [-0.25, -0.2) is 0 Å². The molecule has 0 unspecified atom stereocenters. The first-order valence-corrected chi connectivity index (χ1v) is 1.62. The van der Waals surface area contributed by atoms with Crippen LogP contribution in [0.1, 0.15) is 13.8 Å². The van der Waals surface area contributed by atoms with E-state index in [0.717, 1.165) is 6.92 Å². The third kappa shape index (κ3) is 151. The van der Waals surface area contributed by atoms with Gasteiger partial charge in [0.25, 0.3) is 0 Å². The number of hydrogen-bond acceptors (Lipinski definition) is 2. The van der Waals surface area contributed by atoms with Crippen molar-refractivity contribution in [3.8, 4) is 0 Å². The van der Waals surface area contributed by atoms with Gasteiger partial charge in [-0.2, -0.15) is 6.92 Å². The van der Waals surface area contributed by atoms with Crippen molar-refractivity contribution in [3.05, 3.63) is 6.92 Å².